The lowest BCUT2D eigenvalue weighted by molar-refractivity contribution is 0.561. The Kier molecular flexibility index (Phi) is 2.93. The molecule has 0 saturated carbocycles. The van der Waals surface area contributed by atoms with E-state index in [4.69, 9.17) is 0 Å². The molecule has 2 aromatic rings. The van der Waals surface area contributed by atoms with Crippen LogP contribution in [0.1, 0.15) is 18.4 Å². The molecule has 2 aromatic heterocycles. The van der Waals surface area contributed by atoms with Crippen molar-refractivity contribution in [3.8, 4) is 0 Å². The van der Waals surface area contributed by atoms with E-state index in [0.29, 0.717) is 18.1 Å². The number of pyridine rings is 1. The van der Waals surface area contributed by atoms with Gasteiger partial charge < -0.3 is 5.32 Å². The zero-order chi connectivity index (χ0) is 13.5. The van der Waals surface area contributed by atoms with Crippen LogP contribution in [0.3, 0.4) is 0 Å². The molecule has 19 heavy (non-hydrogen) atoms. The predicted molar refractivity (Wildman–Crippen MR) is 73.0 cm³/mol. The maximum Gasteiger partial charge on any atom is 0.243 e. The molecule has 0 radical (unpaired) electrons. The minimum Gasteiger partial charge on any atom is -0.349 e. The summed E-state index contributed by atoms with van der Waals surface area (Å²) >= 11 is 0. The average Bonchev–Trinajstić information content (AvgIpc) is 2.68. The number of sulfone groups is 1. The fourth-order valence-electron chi connectivity index (χ4n) is 2.36. The highest BCUT2D eigenvalue weighted by molar-refractivity contribution is 7.91. The van der Waals surface area contributed by atoms with Crippen molar-refractivity contribution in [1.29, 1.82) is 0 Å². The van der Waals surface area contributed by atoms with Crippen molar-refractivity contribution in [3.05, 3.63) is 23.9 Å². The first-order valence-electron chi connectivity index (χ1n) is 6.32. The van der Waals surface area contributed by atoms with E-state index in [1.165, 1.54) is 0 Å². The quantitative estimate of drug-likeness (QED) is 0.889. The van der Waals surface area contributed by atoms with Gasteiger partial charge in [0, 0.05) is 12.2 Å². The average molecular weight is 280 g/mol. The van der Waals surface area contributed by atoms with Gasteiger partial charge in [0.2, 0.25) is 5.95 Å². The van der Waals surface area contributed by atoms with Crippen LogP contribution in [0.15, 0.2) is 18.3 Å². The summed E-state index contributed by atoms with van der Waals surface area (Å²) in [6.07, 6.45) is 3.39. The molecular weight excluding hydrogens is 264 g/mol. The van der Waals surface area contributed by atoms with Crippen LogP contribution < -0.4 is 5.32 Å². The topological polar surface area (TPSA) is 76.4 Å². The van der Waals surface area contributed by atoms with Crippen LogP contribution in [0.25, 0.3) is 5.65 Å². The SMILES string of the molecule is Cc1ccn2nc(NC3CCCS(=O)(=O)C3)nc2c1. The number of hydrogen-bond acceptors (Lipinski definition) is 5. The lowest BCUT2D eigenvalue weighted by Gasteiger charge is -2.22. The molecule has 1 aliphatic heterocycles. The van der Waals surface area contributed by atoms with E-state index < -0.39 is 9.84 Å². The summed E-state index contributed by atoms with van der Waals surface area (Å²) in [4.78, 5) is 4.36. The second kappa shape index (κ2) is 4.48. The summed E-state index contributed by atoms with van der Waals surface area (Å²) in [6, 6.07) is 3.81. The van der Waals surface area contributed by atoms with Gasteiger partial charge >= 0.3 is 0 Å². The molecule has 0 bridgehead atoms. The van der Waals surface area contributed by atoms with Crippen molar-refractivity contribution in [2.24, 2.45) is 0 Å². The minimum absolute atomic E-state index is 0.0859. The maximum atomic E-state index is 11.6. The molecule has 1 aliphatic rings. The molecule has 1 atom stereocenters. The molecule has 0 aliphatic carbocycles. The van der Waals surface area contributed by atoms with Gasteiger partial charge in [-0.3, -0.25) is 0 Å². The zero-order valence-electron chi connectivity index (χ0n) is 10.7. The second-order valence-electron chi connectivity index (χ2n) is 5.04. The molecule has 3 rings (SSSR count). The van der Waals surface area contributed by atoms with E-state index in [2.05, 4.69) is 15.4 Å². The normalized spacial score (nSPS) is 22.5. The molecule has 1 N–H and O–H groups in total. The van der Waals surface area contributed by atoms with Crippen LogP contribution >= 0.6 is 0 Å². The van der Waals surface area contributed by atoms with Crippen LogP contribution in [0.5, 0.6) is 0 Å². The highest BCUT2D eigenvalue weighted by atomic mass is 32.2. The first-order valence-corrected chi connectivity index (χ1v) is 8.14. The molecule has 0 amide bonds. The van der Waals surface area contributed by atoms with Gasteiger partial charge in [-0.15, -0.1) is 5.10 Å². The standard InChI is InChI=1S/C12H16N4O2S/c1-9-4-5-16-11(7-9)14-12(15-16)13-10-3-2-6-19(17,18)8-10/h4-5,7,10H,2-3,6,8H2,1H3,(H,13,15). The Morgan fingerprint density at radius 2 is 2.32 bits per heavy atom. The van der Waals surface area contributed by atoms with Crippen LogP contribution in [-0.4, -0.2) is 40.6 Å². The molecule has 7 heteroatoms. The Labute approximate surface area is 111 Å². The van der Waals surface area contributed by atoms with Gasteiger partial charge in [-0.2, -0.15) is 4.98 Å². The van der Waals surface area contributed by atoms with Crippen molar-refractivity contribution in [2.75, 3.05) is 16.8 Å². The van der Waals surface area contributed by atoms with Gasteiger partial charge in [0.25, 0.3) is 0 Å². The number of nitrogens with one attached hydrogen (secondary N) is 1. The van der Waals surface area contributed by atoms with Gasteiger partial charge in [-0.25, -0.2) is 12.9 Å². The summed E-state index contributed by atoms with van der Waals surface area (Å²) in [6.45, 7) is 2.00. The van der Waals surface area contributed by atoms with E-state index in [0.717, 1.165) is 17.6 Å². The highest BCUT2D eigenvalue weighted by Crippen LogP contribution is 2.16. The molecule has 1 unspecified atom stereocenters. The third-order valence-electron chi connectivity index (χ3n) is 3.29. The van der Waals surface area contributed by atoms with E-state index in [1.54, 1.807) is 4.52 Å². The first kappa shape index (κ1) is 12.4. The second-order valence-corrected chi connectivity index (χ2v) is 7.27. The maximum absolute atomic E-state index is 11.6. The third kappa shape index (κ3) is 2.70. The Bertz CT molecular complexity index is 708. The summed E-state index contributed by atoms with van der Waals surface area (Å²) < 4.78 is 24.9. The van der Waals surface area contributed by atoms with Crippen molar-refractivity contribution in [2.45, 2.75) is 25.8 Å². The smallest absolute Gasteiger partial charge is 0.243 e. The van der Waals surface area contributed by atoms with Crippen molar-refractivity contribution in [1.82, 2.24) is 14.6 Å². The monoisotopic (exact) mass is 280 g/mol. The fourth-order valence-corrected chi connectivity index (χ4v) is 4.00. The van der Waals surface area contributed by atoms with Crippen molar-refractivity contribution >= 4 is 21.4 Å². The Balaban J connectivity index is 1.81. The molecule has 0 aromatic carbocycles. The lowest BCUT2D eigenvalue weighted by Crippen LogP contribution is -2.35. The number of rotatable bonds is 2. The van der Waals surface area contributed by atoms with Crippen LogP contribution in [-0.2, 0) is 9.84 Å². The Morgan fingerprint density at radius 3 is 3.11 bits per heavy atom. The van der Waals surface area contributed by atoms with Gasteiger partial charge in [0.1, 0.15) is 0 Å². The minimum atomic E-state index is -2.91. The fraction of sp³-hybridized carbons (Fsp3) is 0.500. The van der Waals surface area contributed by atoms with Gasteiger partial charge in [0.05, 0.1) is 11.5 Å². The molecule has 1 saturated heterocycles. The molecular formula is C12H16N4O2S. The van der Waals surface area contributed by atoms with Crippen LogP contribution in [0.4, 0.5) is 5.95 Å². The predicted octanol–water partition coefficient (Wildman–Crippen LogP) is 1.03. The molecule has 1 fully saturated rings. The lowest BCUT2D eigenvalue weighted by atomic mass is 10.2. The van der Waals surface area contributed by atoms with E-state index >= 15 is 0 Å². The van der Waals surface area contributed by atoms with Gasteiger partial charge in [-0.1, -0.05) is 0 Å². The van der Waals surface area contributed by atoms with Crippen molar-refractivity contribution in [3.63, 3.8) is 0 Å². The van der Waals surface area contributed by atoms with Gasteiger partial charge in [-0.05, 0) is 37.5 Å². The number of aryl methyl sites for hydroxylation is 1. The number of anilines is 1. The van der Waals surface area contributed by atoms with Gasteiger partial charge in [0.15, 0.2) is 15.5 Å². The summed E-state index contributed by atoms with van der Waals surface area (Å²) in [7, 11) is -2.91. The van der Waals surface area contributed by atoms with Crippen molar-refractivity contribution < 1.29 is 8.42 Å². The zero-order valence-corrected chi connectivity index (χ0v) is 11.5. The Morgan fingerprint density at radius 1 is 1.47 bits per heavy atom. The summed E-state index contributed by atoms with van der Waals surface area (Å²) in [5.74, 6) is 0.956. The number of hydrogen-bond donors (Lipinski definition) is 1. The third-order valence-corrected chi connectivity index (χ3v) is 5.11. The number of fused-ring (bicyclic) bond motifs is 1. The first-order chi connectivity index (χ1) is 9.02. The van der Waals surface area contributed by atoms with E-state index in [1.807, 2.05) is 25.3 Å². The molecule has 3 heterocycles. The molecule has 6 nitrogen and oxygen atoms in total. The number of nitrogens with zero attached hydrogens (tertiary/aromatic N) is 3. The molecule has 102 valence electrons. The highest BCUT2D eigenvalue weighted by Gasteiger charge is 2.25. The van der Waals surface area contributed by atoms with Crippen LogP contribution in [0.2, 0.25) is 0 Å². The van der Waals surface area contributed by atoms with E-state index in [-0.39, 0.29) is 11.8 Å². The van der Waals surface area contributed by atoms with E-state index in [9.17, 15) is 8.42 Å². The number of aromatic nitrogens is 3. The largest absolute Gasteiger partial charge is 0.349 e. The summed E-state index contributed by atoms with van der Waals surface area (Å²) in [5.41, 5.74) is 1.88. The van der Waals surface area contributed by atoms with Crippen LogP contribution in [0, 0.1) is 6.92 Å². The molecule has 0 spiro atoms. The Hall–Kier alpha value is -1.63. The summed E-state index contributed by atoms with van der Waals surface area (Å²) in [5, 5.41) is 7.42.